The maximum absolute atomic E-state index is 13.4. The fourth-order valence-electron chi connectivity index (χ4n) is 4.05. The molecule has 0 N–H and O–H groups in total. The van der Waals surface area contributed by atoms with Gasteiger partial charge in [0.15, 0.2) is 11.5 Å². The molecule has 3 aromatic rings. The Labute approximate surface area is 201 Å². The molecule has 0 fully saturated rings. The minimum atomic E-state index is -0.465. The fourth-order valence-corrected chi connectivity index (χ4v) is 4.17. The first-order valence-electron chi connectivity index (χ1n) is 10.6. The van der Waals surface area contributed by atoms with Gasteiger partial charge in [-0.3, -0.25) is 14.9 Å². The van der Waals surface area contributed by atoms with Gasteiger partial charge in [0.25, 0.3) is 11.6 Å². The van der Waals surface area contributed by atoms with Gasteiger partial charge in [-0.2, -0.15) is 0 Å². The standard InChI is InChI=1S/C25H23ClN2O6/c1-32-23-13-17-11-12-27(25(29)16-3-5-18(26)6-4-16)22(21(17)14-24(23)33-2)15-34-20-9-7-19(8-10-20)28(30)31/h3-10,13-14,22H,11-12,15H2,1-2H3/t22-/m0/s1. The number of carbonyl (C=O) groups excluding carboxylic acids is 1. The molecule has 3 aromatic carbocycles. The number of halogens is 1. The molecule has 0 saturated heterocycles. The topological polar surface area (TPSA) is 91.1 Å². The van der Waals surface area contributed by atoms with E-state index in [4.69, 9.17) is 25.8 Å². The summed E-state index contributed by atoms with van der Waals surface area (Å²) in [5, 5.41) is 11.5. The third-order valence-corrected chi connectivity index (χ3v) is 6.06. The van der Waals surface area contributed by atoms with Crippen LogP contribution in [0.25, 0.3) is 0 Å². The summed E-state index contributed by atoms with van der Waals surface area (Å²) in [5.74, 6) is 1.50. The molecular formula is C25H23ClN2O6. The van der Waals surface area contributed by atoms with E-state index in [9.17, 15) is 14.9 Å². The molecule has 34 heavy (non-hydrogen) atoms. The molecule has 1 aliphatic rings. The molecule has 9 heteroatoms. The van der Waals surface area contributed by atoms with Crippen molar-refractivity contribution in [3.05, 3.63) is 92.5 Å². The molecule has 1 aliphatic heterocycles. The van der Waals surface area contributed by atoms with Crippen molar-refractivity contribution in [2.24, 2.45) is 0 Å². The second kappa shape index (κ2) is 10.0. The third-order valence-electron chi connectivity index (χ3n) is 5.81. The largest absolute Gasteiger partial charge is 0.493 e. The van der Waals surface area contributed by atoms with Crippen LogP contribution in [0.1, 0.15) is 27.5 Å². The number of benzene rings is 3. The van der Waals surface area contributed by atoms with Gasteiger partial charge in [-0.15, -0.1) is 0 Å². The Morgan fingerprint density at radius 3 is 2.32 bits per heavy atom. The molecule has 1 amide bonds. The van der Waals surface area contributed by atoms with E-state index in [1.165, 1.54) is 12.1 Å². The number of amides is 1. The van der Waals surface area contributed by atoms with Crippen molar-refractivity contribution in [3.8, 4) is 17.2 Å². The van der Waals surface area contributed by atoms with Gasteiger partial charge in [0.1, 0.15) is 12.4 Å². The summed E-state index contributed by atoms with van der Waals surface area (Å²) in [6.45, 7) is 0.637. The van der Waals surface area contributed by atoms with E-state index in [1.807, 2.05) is 12.1 Å². The molecule has 0 saturated carbocycles. The molecule has 8 nitrogen and oxygen atoms in total. The SMILES string of the molecule is COc1cc2c(cc1OC)[C@H](COc1ccc([N+](=O)[O-])cc1)N(C(=O)c1ccc(Cl)cc1)CC2. The smallest absolute Gasteiger partial charge is 0.269 e. The number of methoxy groups -OCH3 is 2. The molecule has 0 aliphatic carbocycles. The number of carbonyl (C=O) groups is 1. The van der Waals surface area contributed by atoms with E-state index in [2.05, 4.69) is 0 Å². The highest BCUT2D eigenvalue weighted by molar-refractivity contribution is 6.30. The third kappa shape index (κ3) is 4.77. The minimum Gasteiger partial charge on any atom is -0.493 e. The minimum absolute atomic E-state index is 0.0215. The summed E-state index contributed by atoms with van der Waals surface area (Å²) < 4.78 is 16.9. The lowest BCUT2D eigenvalue weighted by Gasteiger charge is -2.37. The Hall–Kier alpha value is -3.78. The van der Waals surface area contributed by atoms with Gasteiger partial charge in [0.05, 0.1) is 25.2 Å². The number of hydrogen-bond acceptors (Lipinski definition) is 6. The normalized spacial score (nSPS) is 14.8. The monoisotopic (exact) mass is 482 g/mol. The summed E-state index contributed by atoms with van der Waals surface area (Å²) in [7, 11) is 3.14. The summed E-state index contributed by atoms with van der Waals surface area (Å²) in [6, 6.07) is 16.0. The van der Waals surface area contributed by atoms with Crippen LogP contribution in [-0.2, 0) is 6.42 Å². The van der Waals surface area contributed by atoms with Crippen molar-refractivity contribution < 1.29 is 23.9 Å². The molecule has 1 heterocycles. The molecule has 4 rings (SSSR count). The number of rotatable bonds is 7. The maximum atomic E-state index is 13.4. The first-order valence-corrected chi connectivity index (χ1v) is 11.0. The van der Waals surface area contributed by atoms with Gasteiger partial charge >= 0.3 is 0 Å². The quantitative estimate of drug-likeness (QED) is 0.344. The van der Waals surface area contributed by atoms with Crippen LogP contribution in [0.5, 0.6) is 17.2 Å². The van der Waals surface area contributed by atoms with Crippen LogP contribution < -0.4 is 14.2 Å². The molecule has 176 valence electrons. The van der Waals surface area contributed by atoms with Crippen molar-refractivity contribution in [1.82, 2.24) is 4.90 Å². The number of fused-ring (bicyclic) bond motifs is 1. The van der Waals surface area contributed by atoms with E-state index in [1.54, 1.807) is 55.5 Å². The van der Waals surface area contributed by atoms with Gasteiger partial charge in [-0.1, -0.05) is 11.6 Å². The number of non-ortho nitro benzene ring substituents is 1. The molecule has 0 unspecified atom stereocenters. The van der Waals surface area contributed by atoms with Gasteiger partial charge < -0.3 is 19.1 Å². The number of hydrogen-bond donors (Lipinski definition) is 0. The predicted octanol–water partition coefficient (Wildman–Crippen LogP) is 5.08. The Bertz CT molecular complexity index is 1200. The van der Waals surface area contributed by atoms with Crippen LogP contribution in [0.3, 0.4) is 0 Å². The zero-order valence-corrected chi connectivity index (χ0v) is 19.4. The van der Waals surface area contributed by atoms with E-state index >= 15 is 0 Å². The lowest BCUT2D eigenvalue weighted by Crippen LogP contribution is -2.42. The van der Waals surface area contributed by atoms with Crippen molar-refractivity contribution >= 4 is 23.2 Å². The number of ether oxygens (including phenoxy) is 3. The second-order valence-corrected chi connectivity index (χ2v) is 8.18. The molecular weight excluding hydrogens is 460 g/mol. The summed E-state index contributed by atoms with van der Waals surface area (Å²) >= 11 is 6.00. The maximum Gasteiger partial charge on any atom is 0.269 e. The second-order valence-electron chi connectivity index (χ2n) is 7.74. The Morgan fingerprint density at radius 1 is 1.06 bits per heavy atom. The van der Waals surface area contributed by atoms with Crippen LogP contribution in [0.2, 0.25) is 5.02 Å². The summed E-state index contributed by atoms with van der Waals surface area (Å²) in [5.41, 5.74) is 2.43. The van der Waals surface area contributed by atoms with Crippen LogP contribution in [0.4, 0.5) is 5.69 Å². The van der Waals surface area contributed by atoms with E-state index < -0.39 is 11.0 Å². The number of nitrogens with zero attached hydrogens (tertiary/aromatic N) is 2. The average molecular weight is 483 g/mol. The van der Waals surface area contributed by atoms with Gasteiger partial charge in [-0.05, 0) is 66.1 Å². The van der Waals surface area contributed by atoms with Crippen LogP contribution in [0, 0.1) is 10.1 Å². The predicted molar refractivity (Wildman–Crippen MR) is 127 cm³/mol. The first kappa shape index (κ1) is 23.4. The lowest BCUT2D eigenvalue weighted by molar-refractivity contribution is -0.384. The van der Waals surface area contributed by atoms with Crippen molar-refractivity contribution in [2.45, 2.75) is 12.5 Å². The Morgan fingerprint density at radius 2 is 1.71 bits per heavy atom. The number of nitro groups is 1. The Balaban J connectivity index is 1.67. The van der Waals surface area contributed by atoms with Crippen LogP contribution in [0.15, 0.2) is 60.7 Å². The molecule has 0 aromatic heterocycles. The van der Waals surface area contributed by atoms with Gasteiger partial charge in [0, 0.05) is 29.3 Å². The van der Waals surface area contributed by atoms with Crippen LogP contribution >= 0.6 is 11.6 Å². The Kier molecular flexibility index (Phi) is 6.88. The van der Waals surface area contributed by atoms with E-state index in [-0.39, 0.29) is 18.2 Å². The molecule has 0 radical (unpaired) electrons. The zero-order chi connectivity index (χ0) is 24.2. The fraction of sp³-hybridized carbons (Fsp3) is 0.240. The van der Waals surface area contributed by atoms with E-state index in [0.29, 0.717) is 40.8 Å². The molecule has 0 bridgehead atoms. The highest BCUT2D eigenvalue weighted by Gasteiger charge is 2.33. The van der Waals surface area contributed by atoms with Crippen molar-refractivity contribution in [3.63, 3.8) is 0 Å². The van der Waals surface area contributed by atoms with Gasteiger partial charge in [0.2, 0.25) is 0 Å². The average Bonchev–Trinajstić information content (AvgIpc) is 2.86. The highest BCUT2D eigenvalue weighted by Crippen LogP contribution is 2.39. The summed E-state index contributed by atoms with van der Waals surface area (Å²) in [4.78, 5) is 25.7. The summed E-state index contributed by atoms with van der Waals surface area (Å²) in [6.07, 6.45) is 0.642. The van der Waals surface area contributed by atoms with Crippen molar-refractivity contribution in [1.29, 1.82) is 0 Å². The van der Waals surface area contributed by atoms with Crippen molar-refractivity contribution in [2.75, 3.05) is 27.4 Å². The lowest BCUT2D eigenvalue weighted by atomic mass is 9.91. The first-order chi connectivity index (χ1) is 16.4. The zero-order valence-electron chi connectivity index (χ0n) is 18.7. The van der Waals surface area contributed by atoms with E-state index in [0.717, 1.165) is 11.1 Å². The number of nitro benzene ring substituents is 1. The molecule has 1 atom stereocenters. The van der Waals surface area contributed by atoms with Crippen LogP contribution in [-0.4, -0.2) is 43.1 Å². The molecule has 0 spiro atoms. The highest BCUT2D eigenvalue weighted by atomic mass is 35.5. The van der Waals surface area contributed by atoms with Gasteiger partial charge in [-0.25, -0.2) is 0 Å².